The summed E-state index contributed by atoms with van der Waals surface area (Å²) < 4.78 is 11.9. The van der Waals surface area contributed by atoms with Gasteiger partial charge in [-0.2, -0.15) is 0 Å². The molecule has 6 nitrogen and oxygen atoms in total. The molecule has 1 aromatic carbocycles. The second kappa shape index (κ2) is 9.24. The second-order valence-corrected chi connectivity index (χ2v) is 7.53. The highest BCUT2D eigenvalue weighted by Gasteiger charge is 2.23. The van der Waals surface area contributed by atoms with Crippen LogP contribution in [0.5, 0.6) is 5.75 Å². The number of benzene rings is 1. The molecule has 2 heterocycles. The first-order chi connectivity index (χ1) is 12.6. The molecule has 0 radical (unpaired) electrons. The van der Waals surface area contributed by atoms with Crippen LogP contribution in [0.4, 0.5) is 0 Å². The molecule has 2 N–H and O–H groups in total. The highest BCUT2D eigenvalue weighted by Crippen LogP contribution is 2.27. The van der Waals surface area contributed by atoms with Crippen LogP contribution in [0.1, 0.15) is 19.4 Å². The van der Waals surface area contributed by atoms with E-state index in [1.54, 1.807) is 7.05 Å². The molecular weight excluding hydrogens is 328 g/mol. The minimum Gasteiger partial charge on any atom is -0.488 e. The predicted octanol–water partition coefficient (Wildman–Crippen LogP) is 1.51. The number of nitrogens with one attached hydrogen (secondary N) is 2. The van der Waals surface area contributed by atoms with Gasteiger partial charge in [-0.05, 0) is 17.5 Å². The van der Waals surface area contributed by atoms with Crippen LogP contribution < -0.4 is 15.4 Å². The maximum atomic E-state index is 5.97. The second-order valence-electron chi connectivity index (χ2n) is 7.53. The van der Waals surface area contributed by atoms with Gasteiger partial charge >= 0.3 is 0 Å². The normalized spacial score (nSPS) is 23.6. The van der Waals surface area contributed by atoms with E-state index >= 15 is 0 Å². The zero-order valence-corrected chi connectivity index (χ0v) is 16.2. The number of fused-ring (bicyclic) bond motifs is 1. The number of para-hydroxylation sites is 1. The van der Waals surface area contributed by atoms with Crippen molar-refractivity contribution in [3.05, 3.63) is 29.8 Å². The zero-order valence-electron chi connectivity index (χ0n) is 16.2. The first-order valence-corrected chi connectivity index (χ1v) is 9.67. The molecule has 144 valence electrons. The molecule has 2 aliphatic rings. The van der Waals surface area contributed by atoms with Crippen molar-refractivity contribution in [2.75, 3.05) is 46.4 Å². The summed E-state index contributed by atoms with van der Waals surface area (Å²) in [5.74, 6) is 2.49. The summed E-state index contributed by atoms with van der Waals surface area (Å²) in [7, 11) is 1.80. The molecule has 26 heavy (non-hydrogen) atoms. The number of morpholine rings is 1. The summed E-state index contributed by atoms with van der Waals surface area (Å²) in [6.45, 7) is 9.96. The van der Waals surface area contributed by atoms with Gasteiger partial charge in [0.05, 0.1) is 19.3 Å². The van der Waals surface area contributed by atoms with E-state index in [0.29, 0.717) is 5.92 Å². The fraction of sp³-hybridized carbons (Fsp3) is 0.650. The van der Waals surface area contributed by atoms with Crippen LogP contribution in [0.2, 0.25) is 0 Å². The van der Waals surface area contributed by atoms with E-state index in [9.17, 15) is 0 Å². The Kier molecular flexibility index (Phi) is 6.74. The van der Waals surface area contributed by atoms with E-state index in [-0.39, 0.29) is 12.2 Å². The molecular formula is C20H32N4O2. The van der Waals surface area contributed by atoms with E-state index in [2.05, 4.69) is 46.5 Å². The Morgan fingerprint density at radius 2 is 2.00 bits per heavy atom. The van der Waals surface area contributed by atoms with Gasteiger partial charge in [-0.25, -0.2) is 0 Å². The molecule has 2 unspecified atom stereocenters. The molecule has 2 aliphatic heterocycles. The zero-order chi connectivity index (χ0) is 18.4. The molecule has 3 rings (SSSR count). The van der Waals surface area contributed by atoms with Crippen LogP contribution in [-0.2, 0) is 11.2 Å². The Morgan fingerprint density at radius 3 is 2.73 bits per heavy atom. The Hall–Kier alpha value is -1.79. The number of nitrogens with zero attached hydrogens (tertiary/aromatic N) is 2. The van der Waals surface area contributed by atoms with E-state index in [1.807, 2.05) is 12.1 Å². The molecule has 0 aliphatic carbocycles. The minimum atomic E-state index is 0.151. The molecule has 1 saturated heterocycles. The third-order valence-corrected chi connectivity index (χ3v) is 4.78. The summed E-state index contributed by atoms with van der Waals surface area (Å²) in [6, 6.07) is 8.24. The molecule has 1 aromatic rings. The van der Waals surface area contributed by atoms with Gasteiger partial charge in [-0.1, -0.05) is 32.0 Å². The lowest BCUT2D eigenvalue weighted by Gasteiger charge is -2.34. The van der Waals surface area contributed by atoms with E-state index in [4.69, 9.17) is 9.47 Å². The summed E-state index contributed by atoms with van der Waals surface area (Å²) in [6.07, 6.45) is 1.29. The van der Waals surface area contributed by atoms with Crippen LogP contribution in [0.25, 0.3) is 0 Å². The van der Waals surface area contributed by atoms with Crippen molar-refractivity contribution in [3.8, 4) is 5.75 Å². The fourth-order valence-electron chi connectivity index (χ4n) is 3.60. The van der Waals surface area contributed by atoms with Crippen molar-refractivity contribution in [1.29, 1.82) is 0 Å². The van der Waals surface area contributed by atoms with Gasteiger partial charge in [-0.3, -0.25) is 9.89 Å². The Bertz CT molecular complexity index is 580. The first kappa shape index (κ1) is 19.0. The number of hydrogen-bond acceptors (Lipinski definition) is 4. The van der Waals surface area contributed by atoms with E-state index in [1.165, 1.54) is 5.56 Å². The molecule has 1 fully saturated rings. The third kappa shape index (κ3) is 5.35. The van der Waals surface area contributed by atoms with Crippen molar-refractivity contribution in [2.24, 2.45) is 10.9 Å². The molecule has 0 saturated carbocycles. The SMILES string of the molecule is CN=C(NCC1CN(CC(C)C)CCO1)NCC1Cc2ccccc2O1. The van der Waals surface area contributed by atoms with Crippen molar-refractivity contribution < 1.29 is 9.47 Å². The molecule has 6 heteroatoms. The predicted molar refractivity (Wildman–Crippen MR) is 105 cm³/mol. The van der Waals surface area contributed by atoms with Crippen molar-refractivity contribution in [1.82, 2.24) is 15.5 Å². The summed E-state index contributed by atoms with van der Waals surface area (Å²) in [5.41, 5.74) is 1.28. The lowest BCUT2D eigenvalue weighted by atomic mass is 10.1. The maximum absolute atomic E-state index is 5.97. The average molecular weight is 361 g/mol. The van der Waals surface area contributed by atoms with Gasteiger partial charge in [-0.15, -0.1) is 0 Å². The lowest BCUT2D eigenvalue weighted by Crippen LogP contribution is -2.50. The van der Waals surface area contributed by atoms with Gasteiger partial charge in [0, 0.05) is 39.6 Å². The molecule has 2 atom stereocenters. The number of rotatable bonds is 6. The molecule has 0 bridgehead atoms. The number of ether oxygens (including phenoxy) is 2. The largest absolute Gasteiger partial charge is 0.488 e. The van der Waals surface area contributed by atoms with Crippen LogP contribution in [0.15, 0.2) is 29.3 Å². The third-order valence-electron chi connectivity index (χ3n) is 4.78. The molecule has 0 amide bonds. The van der Waals surface area contributed by atoms with Gasteiger partial charge in [0.2, 0.25) is 0 Å². The first-order valence-electron chi connectivity index (χ1n) is 9.67. The van der Waals surface area contributed by atoms with Crippen molar-refractivity contribution in [3.63, 3.8) is 0 Å². The van der Waals surface area contributed by atoms with Crippen LogP contribution >= 0.6 is 0 Å². The quantitative estimate of drug-likeness (QED) is 0.595. The summed E-state index contributed by atoms with van der Waals surface area (Å²) in [5, 5.41) is 6.76. The number of aliphatic imine (C=N–C) groups is 1. The van der Waals surface area contributed by atoms with E-state index < -0.39 is 0 Å². The van der Waals surface area contributed by atoms with Gasteiger partial charge in [0.25, 0.3) is 0 Å². The van der Waals surface area contributed by atoms with Crippen LogP contribution in [0.3, 0.4) is 0 Å². The number of hydrogen-bond donors (Lipinski definition) is 2. The Labute approximate surface area is 157 Å². The average Bonchev–Trinajstić information content (AvgIpc) is 3.04. The Morgan fingerprint density at radius 1 is 1.23 bits per heavy atom. The fourth-order valence-corrected chi connectivity index (χ4v) is 3.60. The monoisotopic (exact) mass is 360 g/mol. The van der Waals surface area contributed by atoms with Gasteiger partial charge in [0.1, 0.15) is 11.9 Å². The van der Waals surface area contributed by atoms with Crippen molar-refractivity contribution >= 4 is 5.96 Å². The maximum Gasteiger partial charge on any atom is 0.191 e. The molecule has 0 aromatic heterocycles. The smallest absolute Gasteiger partial charge is 0.191 e. The van der Waals surface area contributed by atoms with Gasteiger partial charge < -0.3 is 20.1 Å². The van der Waals surface area contributed by atoms with Crippen molar-refractivity contribution in [2.45, 2.75) is 32.5 Å². The standard InChI is InChI=1S/C20H32N4O2/c1-15(2)13-24-8-9-25-18(14-24)12-23-20(21-3)22-11-17-10-16-6-4-5-7-19(16)26-17/h4-7,15,17-18H,8-14H2,1-3H3,(H2,21,22,23). The highest BCUT2D eigenvalue weighted by atomic mass is 16.5. The van der Waals surface area contributed by atoms with Crippen LogP contribution in [-0.4, -0.2) is 69.4 Å². The Balaban J connectivity index is 1.39. The lowest BCUT2D eigenvalue weighted by molar-refractivity contribution is -0.0284. The molecule has 0 spiro atoms. The highest BCUT2D eigenvalue weighted by molar-refractivity contribution is 5.79. The summed E-state index contributed by atoms with van der Waals surface area (Å²) >= 11 is 0. The minimum absolute atomic E-state index is 0.151. The number of guanidine groups is 1. The summed E-state index contributed by atoms with van der Waals surface area (Å²) in [4.78, 5) is 6.81. The van der Waals surface area contributed by atoms with E-state index in [0.717, 1.165) is 57.5 Å². The van der Waals surface area contributed by atoms with Gasteiger partial charge in [0.15, 0.2) is 5.96 Å². The topological polar surface area (TPSA) is 58.1 Å². The van der Waals surface area contributed by atoms with Crippen LogP contribution in [0, 0.1) is 5.92 Å².